The number of amides is 1. The zero-order valence-corrected chi connectivity index (χ0v) is 17.9. The molecule has 0 aliphatic carbocycles. The molecule has 6 heteroatoms. The van der Waals surface area contributed by atoms with Gasteiger partial charge in [0.25, 0.3) is 0 Å². The van der Waals surface area contributed by atoms with E-state index in [-0.39, 0.29) is 0 Å². The number of cyclic esters (lactones) is 1. The van der Waals surface area contributed by atoms with Gasteiger partial charge in [-0.2, -0.15) is 0 Å². The van der Waals surface area contributed by atoms with Gasteiger partial charge in [0.05, 0.1) is 5.56 Å². The van der Waals surface area contributed by atoms with E-state index in [2.05, 4.69) is 0 Å². The maximum atomic E-state index is 13.1. The highest BCUT2D eigenvalue weighted by molar-refractivity contribution is 5.89. The van der Waals surface area contributed by atoms with Gasteiger partial charge in [0, 0.05) is 0 Å². The second-order valence-electron chi connectivity index (χ2n) is 8.21. The molecule has 4 rings (SSSR count). The molecule has 1 saturated heterocycles. The zero-order valence-electron chi connectivity index (χ0n) is 17.9. The Balaban J connectivity index is 1.77. The van der Waals surface area contributed by atoms with Crippen molar-refractivity contribution in [3.05, 3.63) is 108 Å². The first kappa shape index (κ1) is 21.6. The van der Waals surface area contributed by atoms with Gasteiger partial charge in [0.15, 0.2) is 0 Å². The van der Waals surface area contributed by atoms with E-state index < -0.39 is 36.0 Å². The molecule has 0 radical (unpaired) electrons. The lowest BCUT2D eigenvalue weighted by Crippen LogP contribution is -2.46. The highest BCUT2D eigenvalue weighted by atomic mass is 16.6. The molecule has 0 bridgehead atoms. The van der Waals surface area contributed by atoms with Crippen molar-refractivity contribution < 1.29 is 24.2 Å². The van der Waals surface area contributed by atoms with Gasteiger partial charge < -0.3 is 14.6 Å². The quantitative estimate of drug-likeness (QED) is 0.563. The van der Waals surface area contributed by atoms with Crippen molar-refractivity contribution in [3.63, 3.8) is 0 Å². The largest absolute Gasteiger partial charge is 0.441 e. The predicted molar refractivity (Wildman–Crippen MR) is 119 cm³/mol. The Morgan fingerprint density at radius 2 is 1.47 bits per heavy atom. The lowest BCUT2D eigenvalue weighted by Gasteiger charge is -2.36. The normalized spacial score (nSPS) is 19.2. The van der Waals surface area contributed by atoms with E-state index in [1.54, 1.807) is 68.4 Å². The number of ether oxygens (including phenoxy) is 2. The van der Waals surface area contributed by atoms with E-state index in [0.717, 1.165) is 5.56 Å². The first-order chi connectivity index (χ1) is 15.4. The molecule has 0 aromatic heterocycles. The summed E-state index contributed by atoms with van der Waals surface area (Å²) in [5.41, 5.74) is 0.736. The fourth-order valence-corrected chi connectivity index (χ4v) is 4.06. The van der Waals surface area contributed by atoms with Crippen molar-refractivity contribution in [3.8, 4) is 0 Å². The van der Waals surface area contributed by atoms with Crippen molar-refractivity contribution in [1.29, 1.82) is 0 Å². The summed E-state index contributed by atoms with van der Waals surface area (Å²) in [5.74, 6) is -0.644. The topological polar surface area (TPSA) is 76.1 Å². The third-order valence-electron chi connectivity index (χ3n) is 5.54. The van der Waals surface area contributed by atoms with Crippen LogP contribution in [-0.2, 0) is 9.47 Å². The smallest absolute Gasteiger partial charge is 0.414 e. The van der Waals surface area contributed by atoms with Gasteiger partial charge in [-0.15, -0.1) is 0 Å². The van der Waals surface area contributed by atoms with Crippen LogP contribution in [-0.4, -0.2) is 33.9 Å². The number of rotatable bonds is 6. The fourth-order valence-electron chi connectivity index (χ4n) is 4.06. The molecule has 164 valence electrons. The molecule has 0 unspecified atom stereocenters. The molecule has 1 aliphatic heterocycles. The summed E-state index contributed by atoms with van der Waals surface area (Å²) in [6, 6.07) is 26.1. The maximum Gasteiger partial charge on any atom is 0.414 e. The van der Waals surface area contributed by atoms with Gasteiger partial charge in [0.2, 0.25) is 6.23 Å². The summed E-state index contributed by atoms with van der Waals surface area (Å²) in [6.07, 6.45) is -3.24. The lowest BCUT2D eigenvalue weighted by molar-refractivity contribution is -0.0897. The molecule has 0 spiro atoms. The predicted octanol–water partition coefficient (Wildman–Crippen LogP) is 4.88. The summed E-state index contributed by atoms with van der Waals surface area (Å²) in [5, 5.41) is 11.3. The number of hydrogen-bond donors (Lipinski definition) is 1. The third kappa shape index (κ3) is 4.22. The number of nitrogens with zero attached hydrogens (tertiary/aromatic N) is 1. The minimum atomic E-state index is -1.30. The van der Waals surface area contributed by atoms with Crippen molar-refractivity contribution in [2.24, 2.45) is 0 Å². The Morgan fingerprint density at radius 3 is 2.06 bits per heavy atom. The van der Waals surface area contributed by atoms with Gasteiger partial charge in [-0.3, -0.25) is 4.90 Å². The number of benzene rings is 3. The molecule has 6 nitrogen and oxygen atoms in total. The number of hydrogen-bond acceptors (Lipinski definition) is 5. The van der Waals surface area contributed by atoms with E-state index >= 15 is 0 Å². The van der Waals surface area contributed by atoms with Crippen LogP contribution in [0, 0.1) is 0 Å². The Labute approximate surface area is 187 Å². The number of esters is 1. The molecule has 1 heterocycles. The first-order valence-electron chi connectivity index (χ1n) is 10.4. The molecule has 1 fully saturated rings. The van der Waals surface area contributed by atoms with Gasteiger partial charge in [0.1, 0.15) is 17.7 Å². The molecule has 3 aromatic carbocycles. The van der Waals surface area contributed by atoms with Crippen LogP contribution in [0.25, 0.3) is 0 Å². The van der Waals surface area contributed by atoms with Crippen molar-refractivity contribution in [1.82, 2.24) is 4.90 Å². The highest BCUT2D eigenvalue weighted by Gasteiger charge is 2.53. The molecule has 0 saturated carbocycles. The third-order valence-corrected chi connectivity index (χ3v) is 5.54. The maximum absolute atomic E-state index is 13.1. The van der Waals surface area contributed by atoms with E-state index in [0.29, 0.717) is 11.1 Å². The molecule has 1 aliphatic rings. The van der Waals surface area contributed by atoms with Crippen LogP contribution in [0.4, 0.5) is 4.79 Å². The first-order valence-corrected chi connectivity index (χ1v) is 10.4. The average molecular weight is 431 g/mol. The Kier molecular flexibility index (Phi) is 5.97. The standard InChI is InChI=1S/C26H25NO5/c1-26(2)22(19-14-8-4-9-15-19)27(25(30)32-26)23(21(28)18-12-6-3-7-13-18)31-24(29)20-16-10-5-11-17-20/h3-17,21-23,28H,1-2H3/t21-,22+,23-/m1/s1. The monoisotopic (exact) mass is 431 g/mol. The summed E-state index contributed by atoms with van der Waals surface area (Å²) in [6.45, 7) is 3.60. The number of carbonyl (C=O) groups excluding carboxylic acids is 2. The van der Waals surface area contributed by atoms with E-state index in [1.807, 2.05) is 36.4 Å². The second-order valence-corrected chi connectivity index (χ2v) is 8.21. The van der Waals surface area contributed by atoms with Crippen LogP contribution in [0.15, 0.2) is 91.0 Å². The Bertz CT molecular complexity index is 1070. The Morgan fingerprint density at radius 1 is 0.938 bits per heavy atom. The lowest BCUT2D eigenvalue weighted by atomic mass is 9.91. The van der Waals surface area contributed by atoms with Crippen LogP contribution >= 0.6 is 0 Å². The molecule has 1 N–H and O–H groups in total. The van der Waals surface area contributed by atoms with Crippen LogP contribution in [0.2, 0.25) is 0 Å². The van der Waals surface area contributed by atoms with Crippen LogP contribution in [0.3, 0.4) is 0 Å². The summed E-state index contributed by atoms with van der Waals surface area (Å²) in [4.78, 5) is 27.3. The molecular weight excluding hydrogens is 406 g/mol. The number of carbonyl (C=O) groups is 2. The zero-order chi connectivity index (χ0) is 22.7. The minimum Gasteiger partial charge on any atom is -0.441 e. The molecule has 3 aromatic rings. The van der Waals surface area contributed by atoms with Gasteiger partial charge in [-0.1, -0.05) is 78.9 Å². The summed E-state index contributed by atoms with van der Waals surface area (Å²) >= 11 is 0. The summed E-state index contributed by atoms with van der Waals surface area (Å²) in [7, 11) is 0. The number of aliphatic hydroxyl groups excluding tert-OH is 1. The van der Waals surface area contributed by atoms with E-state index in [4.69, 9.17) is 9.47 Å². The van der Waals surface area contributed by atoms with Gasteiger partial charge in [-0.25, -0.2) is 9.59 Å². The van der Waals surface area contributed by atoms with Crippen molar-refractivity contribution >= 4 is 12.1 Å². The van der Waals surface area contributed by atoms with Gasteiger partial charge >= 0.3 is 12.1 Å². The number of aliphatic hydroxyl groups is 1. The van der Waals surface area contributed by atoms with Crippen LogP contribution in [0.1, 0.15) is 47.5 Å². The van der Waals surface area contributed by atoms with Gasteiger partial charge in [-0.05, 0) is 37.1 Å². The molecule has 32 heavy (non-hydrogen) atoms. The van der Waals surface area contributed by atoms with Crippen LogP contribution in [0.5, 0.6) is 0 Å². The SMILES string of the molecule is CC1(C)OC(=O)N([C@H](OC(=O)c2ccccc2)[C@H](O)c2ccccc2)[C@H]1c1ccccc1. The van der Waals surface area contributed by atoms with Crippen molar-refractivity contribution in [2.45, 2.75) is 37.8 Å². The Hall–Kier alpha value is -3.64. The summed E-state index contributed by atoms with van der Waals surface area (Å²) < 4.78 is 11.5. The fraction of sp³-hybridized carbons (Fsp3) is 0.231. The second kappa shape index (κ2) is 8.85. The molecule has 3 atom stereocenters. The van der Waals surface area contributed by atoms with Crippen molar-refractivity contribution in [2.75, 3.05) is 0 Å². The highest BCUT2D eigenvalue weighted by Crippen LogP contribution is 2.44. The average Bonchev–Trinajstić information content (AvgIpc) is 3.06. The minimum absolute atomic E-state index is 0.320. The van der Waals surface area contributed by atoms with E-state index in [1.165, 1.54) is 4.90 Å². The van der Waals surface area contributed by atoms with Crippen LogP contribution < -0.4 is 0 Å². The molecular formula is C26H25NO5. The van der Waals surface area contributed by atoms with E-state index in [9.17, 15) is 14.7 Å². The molecule has 1 amide bonds.